The van der Waals surface area contributed by atoms with E-state index in [1.54, 1.807) is 26.0 Å². The van der Waals surface area contributed by atoms with E-state index in [2.05, 4.69) is 6.07 Å². The fourth-order valence-electron chi connectivity index (χ4n) is 3.17. The lowest BCUT2D eigenvalue weighted by molar-refractivity contribution is 0.414. The summed E-state index contributed by atoms with van der Waals surface area (Å²) < 4.78 is 9.61. The standard InChI is InChI=1S/C16H12Cl2O2S/c1-19-9-6-7-10-12(8-9)15(16(17,18)21-15)11-4-3-5-13(20-2)14(10)11/h3-8H,1-2H3. The van der Waals surface area contributed by atoms with Gasteiger partial charge in [-0.05, 0) is 34.9 Å². The van der Waals surface area contributed by atoms with Crippen LogP contribution in [-0.2, 0) is 4.75 Å². The molecule has 21 heavy (non-hydrogen) atoms. The Hall–Kier alpha value is -1.03. The Labute approximate surface area is 137 Å². The number of thioether (sulfide) groups is 1. The molecule has 1 saturated heterocycles. The third-order valence-corrected chi connectivity index (χ3v) is 6.81. The highest BCUT2D eigenvalue weighted by molar-refractivity contribution is 8.12. The molecule has 4 rings (SSSR count). The summed E-state index contributed by atoms with van der Waals surface area (Å²) in [7, 11) is 3.34. The first-order valence-electron chi connectivity index (χ1n) is 6.49. The number of hydrogen-bond donors (Lipinski definition) is 0. The summed E-state index contributed by atoms with van der Waals surface area (Å²) in [6.45, 7) is 0. The predicted octanol–water partition coefficient (Wildman–Crippen LogP) is 4.81. The average Bonchev–Trinajstić information content (AvgIpc) is 2.97. The lowest BCUT2D eigenvalue weighted by Gasteiger charge is -2.13. The third kappa shape index (κ3) is 1.57. The maximum absolute atomic E-state index is 6.50. The van der Waals surface area contributed by atoms with Gasteiger partial charge in [-0.2, -0.15) is 0 Å². The van der Waals surface area contributed by atoms with Crippen molar-refractivity contribution in [1.82, 2.24) is 0 Å². The van der Waals surface area contributed by atoms with E-state index in [0.717, 1.165) is 33.8 Å². The summed E-state index contributed by atoms with van der Waals surface area (Å²) in [6.07, 6.45) is 0. The molecule has 0 aromatic heterocycles. The van der Waals surface area contributed by atoms with Crippen molar-refractivity contribution in [2.24, 2.45) is 0 Å². The van der Waals surface area contributed by atoms with Crippen molar-refractivity contribution in [1.29, 1.82) is 0 Å². The molecule has 2 aliphatic rings. The molecule has 2 aromatic carbocycles. The van der Waals surface area contributed by atoms with Crippen LogP contribution >= 0.6 is 35.0 Å². The Morgan fingerprint density at radius 3 is 2.38 bits per heavy atom. The van der Waals surface area contributed by atoms with Crippen LogP contribution in [0, 0.1) is 0 Å². The first-order chi connectivity index (χ1) is 10.0. The first-order valence-corrected chi connectivity index (χ1v) is 8.07. The minimum atomic E-state index is -0.855. The molecular formula is C16H12Cl2O2S. The first kappa shape index (κ1) is 13.6. The van der Waals surface area contributed by atoms with Crippen molar-refractivity contribution in [3.8, 4) is 22.6 Å². The molecule has 108 valence electrons. The number of alkyl halides is 2. The maximum atomic E-state index is 6.50. The molecule has 1 unspecified atom stereocenters. The highest BCUT2D eigenvalue weighted by Gasteiger charge is 2.73. The van der Waals surface area contributed by atoms with Gasteiger partial charge in [-0.15, -0.1) is 11.8 Å². The van der Waals surface area contributed by atoms with E-state index in [4.69, 9.17) is 32.7 Å². The number of rotatable bonds is 2. The van der Waals surface area contributed by atoms with Gasteiger partial charge in [0, 0.05) is 5.56 Å². The minimum absolute atomic E-state index is 0.427. The van der Waals surface area contributed by atoms with Crippen LogP contribution < -0.4 is 9.47 Å². The Balaban J connectivity index is 2.07. The van der Waals surface area contributed by atoms with Gasteiger partial charge in [-0.1, -0.05) is 41.4 Å². The summed E-state index contributed by atoms with van der Waals surface area (Å²) in [5, 5.41) is 0. The third-order valence-electron chi connectivity index (χ3n) is 4.15. The van der Waals surface area contributed by atoms with Gasteiger partial charge >= 0.3 is 0 Å². The molecule has 1 aliphatic heterocycles. The molecule has 0 N–H and O–H groups in total. The van der Waals surface area contributed by atoms with Crippen LogP contribution in [-0.4, -0.2) is 17.9 Å². The largest absolute Gasteiger partial charge is 0.497 e. The number of ether oxygens (including phenoxy) is 2. The van der Waals surface area contributed by atoms with Crippen molar-refractivity contribution >= 4 is 35.0 Å². The molecule has 1 heterocycles. The molecule has 5 heteroatoms. The average molecular weight is 339 g/mol. The second kappa shape index (κ2) is 4.25. The number of halogens is 2. The zero-order valence-corrected chi connectivity index (χ0v) is 13.8. The van der Waals surface area contributed by atoms with E-state index in [1.165, 1.54) is 0 Å². The van der Waals surface area contributed by atoms with Gasteiger partial charge in [0.2, 0.25) is 0 Å². The van der Waals surface area contributed by atoms with Crippen molar-refractivity contribution in [3.63, 3.8) is 0 Å². The summed E-state index contributed by atoms with van der Waals surface area (Å²) in [4.78, 5) is 0. The molecular weight excluding hydrogens is 327 g/mol. The lowest BCUT2D eigenvalue weighted by Crippen LogP contribution is -2.13. The number of methoxy groups -OCH3 is 2. The predicted molar refractivity (Wildman–Crippen MR) is 87.8 cm³/mol. The maximum Gasteiger partial charge on any atom is 0.187 e. The molecule has 1 fully saturated rings. The molecule has 1 atom stereocenters. The molecule has 1 aliphatic carbocycles. The van der Waals surface area contributed by atoms with Crippen LogP contribution in [0.25, 0.3) is 11.1 Å². The van der Waals surface area contributed by atoms with E-state index in [-0.39, 0.29) is 0 Å². The molecule has 0 saturated carbocycles. The topological polar surface area (TPSA) is 18.5 Å². The van der Waals surface area contributed by atoms with Crippen LogP contribution in [0.2, 0.25) is 0 Å². The Morgan fingerprint density at radius 2 is 1.76 bits per heavy atom. The van der Waals surface area contributed by atoms with E-state index < -0.39 is 8.41 Å². The molecule has 0 bridgehead atoms. The van der Waals surface area contributed by atoms with E-state index in [0.29, 0.717) is 0 Å². The normalized spacial score (nSPS) is 23.6. The van der Waals surface area contributed by atoms with E-state index >= 15 is 0 Å². The Bertz CT molecular complexity index is 760. The summed E-state index contributed by atoms with van der Waals surface area (Å²) in [6, 6.07) is 12.0. The zero-order chi connectivity index (χ0) is 14.8. The van der Waals surface area contributed by atoms with Gasteiger partial charge in [-0.25, -0.2) is 0 Å². The summed E-state index contributed by atoms with van der Waals surface area (Å²) in [5.41, 5.74) is 4.39. The Kier molecular flexibility index (Phi) is 2.76. The number of hydrogen-bond acceptors (Lipinski definition) is 3. The second-order valence-electron chi connectivity index (χ2n) is 5.09. The van der Waals surface area contributed by atoms with Gasteiger partial charge in [0.15, 0.2) is 3.67 Å². The Morgan fingerprint density at radius 1 is 1.00 bits per heavy atom. The van der Waals surface area contributed by atoms with Crippen molar-refractivity contribution in [2.75, 3.05) is 14.2 Å². The van der Waals surface area contributed by atoms with Gasteiger partial charge in [-0.3, -0.25) is 0 Å². The molecule has 1 spiro atoms. The number of benzene rings is 2. The van der Waals surface area contributed by atoms with E-state index in [9.17, 15) is 0 Å². The highest BCUT2D eigenvalue weighted by Crippen LogP contribution is 2.82. The number of fused-ring (bicyclic) bond motifs is 5. The molecule has 0 radical (unpaired) electrons. The van der Waals surface area contributed by atoms with Crippen LogP contribution in [0.3, 0.4) is 0 Å². The van der Waals surface area contributed by atoms with Crippen LogP contribution in [0.1, 0.15) is 11.1 Å². The highest BCUT2D eigenvalue weighted by atomic mass is 35.5. The van der Waals surface area contributed by atoms with Gasteiger partial charge < -0.3 is 9.47 Å². The van der Waals surface area contributed by atoms with Crippen molar-refractivity contribution in [2.45, 2.75) is 8.41 Å². The smallest absolute Gasteiger partial charge is 0.187 e. The lowest BCUT2D eigenvalue weighted by atomic mass is 9.98. The minimum Gasteiger partial charge on any atom is -0.497 e. The van der Waals surface area contributed by atoms with Crippen LogP contribution in [0.4, 0.5) is 0 Å². The van der Waals surface area contributed by atoms with Gasteiger partial charge in [0.25, 0.3) is 0 Å². The quantitative estimate of drug-likeness (QED) is 0.578. The zero-order valence-electron chi connectivity index (χ0n) is 11.4. The fraction of sp³-hybridized carbons (Fsp3) is 0.250. The van der Waals surface area contributed by atoms with Gasteiger partial charge in [0.1, 0.15) is 16.2 Å². The monoisotopic (exact) mass is 338 g/mol. The molecule has 2 aromatic rings. The SMILES string of the molecule is COc1ccc2c(c1)C1(SC1(Cl)Cl)c1cccc(OC)c1-2. The molecule has 2 nitrogen and oxygen atoms in total. The van der Waals surface area contributed by atoms with Gasteiger partial charge in [0.05, 0.1) is 14.2 Å². The van der Waals surface area contributed by atoms with E-state index in [1.807, 2.05) is 30.3 Å². The van der Waals surface area contributed by atoms with Crippen LogP contribution in [0.5, 0.6) is 11.5 Å². The second-order valence-corrected chi connectivity index (χ2v) is 8.30. The van der Waals surface area contributed by atoms with Crippen LogP contribution in [0.15, 0.2) is 36.4 Å². The summed E-state index contributed by atoms with van der Waals surface area (Å²) >= 11 is 14.5. The van der Waals surface area contributed by atoms with Crippen molar-refractivity contribution < 1.29 is 9.47 Å². The van der Waals surface area contributed by atoms with Crippen molar-refractivity contribution in [3.05, 3.63) is 47.5 Å². The molecule has 0 amide bonds. The fourth-order valence-corrected chi connectivity index (χ4v) is 5.38. The summed E-state index contributed by atoms with van der Waals surface area (Å²) in [5.74, 6) is 1.64.